The number of amides is 3. The van der Waals surface area contributed by atoms with Gasteiger partial charge in [-0.2, -0.15) is 0 Å². The average Bonchev–Trinajstić information content (AvgIpc) is 2.88. The number of carboxylic acids is 1. The van der Waals surface area contributed by atoms with Crippen LogP contribution in [-0.4, -0.2) is 53.5 Å². The molecule has 206 valence electrons. The number of nitrogens with one attached hydrogen (secondary N) is 4. The number of carboxylic acid groups (broad SMARTS) is 1. The Morgan fingerprint density at radius 3 is 2.05 bits per heavy atom. The Morgan fingerprint density at radius 1 is 0.816 bits per heavy atom. The molecular formula is C29H40N4O5. The first-order chi connectivity index (χ1) is 18.2. The fourth-order valence-electron chi connectivity index (χ4n) is 3.93. The number of rotatable bonds is 16. The van der Waals surface area contributed by atoms with Crippen LogP contribution in [0.25, 0.3) is 0 Å². The van der Waals surface area contributed by atoms with Gasteiger partial charge in [0.25, 0.3) is 0 Å². The van der Waals surface area contributed by atoms with Gasteiger partial charge in [-0.15, -0.1) is 0 Å². The molecule has 0 aliphatic carbocycles. The first-order valence-electron chi connectivity index (χ1n) is 13.1. The Hall–Kier alpha value is -3.72. The third-order valence-electron chi connectivity index (χ3n) is 5.97. The minimum Gasteiger partial charge on any atom is -0.480 e. The molecule has 0 saturated heterocycles. The van der Waals surface area contributed by atoms with Gasteiger partial charge in [0.2, 0.25) is 17.7 Å². The molecule has 0 unspecified atom stereocenters. The molecule has 0 fully saturated rings. The maximum atomic E-state index is 13.2. The zero-order valence-electron chi connectivity index (χ0n) is 22.4. The zero-order chi connectivity index (χ0) is 27.9. The van der Waals surface area contributed by atoms with Gasteiger partial charge in [-0.05, 0) is 56.2 Å². The predicted molar refractivity (Wildman–Crippen MR) is 147 cm³/mol. The zero-order valence-corrected chi connectivity index (χ0v) is 22.4. The second-order valence-electron chi connectivity index (χ2n) is 9.83. The molecule has 3 amide bonds. The molecule has 38 heavy (non-hydrogen) atoms. The van der Waals surface area contributed by atoms with E-state index >= 15 is 0 Å². The maximum absolute atomic E-state index is 13.2. The van der Waals surface area contributed by atoms with E-state index in [1.165, 1.54) is 6.92 Å². The number of carbonyl (C=O) groups is 4. The van der Waals surface area contributed by atoms with Crippen molar-refractivity contribution in [3.05, 3.63) is 66.2 Å². The summed E-state index contributed by atoms with van der Waals surface area (Å²) in [6.45, 7) is 5.84. The minimum absolute atomic E-state index is 0.0796. The second-order valence-corrected chi connectivity index (χ2v) is 9.83. The fourth-order valence-corrected chi connectivity index (χ4v) is 3.93. The molecule has 0 heterocycles. The lowest BCUT2D eigenvalue weighted by Gasteiger charge is -2.25. The van der Waals surface area contributed by atoms with Crippen LogP contribution in [-0.2, 0) is 25.6 Å². The summed E-state index contributed by atoms with van der Waals surface area (Å²) in [6, 6.07) is 15.9. The average molecular weight is 525 g/mol. The quantitative estimate of drug-likeness (QED) is 0.214. The smallest absolute Gasteiger partial charge is 0.320 e. The van der Waals surface area contributed by atoms with Gasteiger partial charge in [0.05, 0.1) is 12.5 Å². The summed E-state index contributed by atoms with van der Waals surface area (Å²) in [7, 11) is 0. The molecule has 2 aromatic carbocycles. The van der Waals surface area contributed by atoms with Gasteiger partial charge in [0.1, 0.15) is 12.1 Å². The molecule has 2 aromatic rings. The number of carbonyl (C=O) groups excluding carboxylic acids is 3. The summed E-state index contributed by atoms with van der Waals surface area (Å²) in [4.78, 5) is 49.7. The number of anilines is 1. The van der Waals surface area contributed by atoms with Crippen LogP contribution in [0.3, 0.4) is 0 Å². The van der Waals surface area contributed by atoms with Crippen LogP contribution in [0.2, 0.25) is 0 Å². The molecule has 0 aromatic heterocycles. The van der Waals surface area contributed by atoms with Crippen molar-refractivity contribution in [3.63, 3.8) is 0 Å². The predicted octanol–water partition coefficient (Wildman–Crippen LogP) is 3.12. The normalized spacial score (nSPS) is 13.3. The standard InChI is InChI=1S/C29H40N4O5/c1-20(2)18-25(28(36)32-23-14-8-5-9-15-23)33-27(35)24(31-21(3)29(37)38)16-10-11-17-30-26(34)19-22-12-6-4-7-13-22/h4-9,12-15,20-21,24-25,31H,10-11,16-19H2,1-3H3,(H,30,34)(H,32,36)(H,33,35)(H,37,38)/t21-,24+,25+/m1/s1. The van der Waals surface area contributed by atoms with Crippen LogP contribution in [0.15, 0.2) is 60.7 Å². The Bertz CT molecular complexity index is 1030. The highest BCUT2D eigenvalue weighted by Gasteiger charge is 2.28. The van der Waals surface area contributed by atoms with Gasteiger partial charge in [0.15, 0.2) is 0 Å². The summed E-state index contributed by atoms with van der Waals surface area (Å²) in [5, 5.41) is 20.7. The van der Waals surface area contributed by atoms with Crippen LogP contribution in [0.5, 0.6) is 0 Å². The van der Waals surface area contributed by atoms with Crippen LogP contribution in [0.4, 0.5) is 5.69 Å². The lowest BCUT2D eigenvalue weighted by Crippen LogP contribution is -2.54. The van der Waals surface area contributed by atoms with Crippen molar-refractivity contribution in [1.29, 1.82) is 0 Å². The topological polar surface area (TPSA) is 137 Å². The van der Waals surface area contributed by atoms with E-state index < -0.39 is 30.0 Å². The van der Waals surface area contributed by atoms with E-state index in [1.54, 1.807) is 12.1 Å². The molecule has 0 bridgehead atoms. The summed E-state index contributed by atoms with van der Waals surface area (Å²) >= 11 is 0. The first kappa shape index (κ1) is 30.5. The SMILES string of the molecule is CC(C)C[C@H](NC(=O)[C@H](CCCCNC(=O)Cc1ccccc1)N[C@H](C)C(=O)O)C(=O)Nc1ccccc1. The summed E-state index contributed by atoms with van der Waals surface area (Å²) in [6.07, 6.45) is 2.28. The Labute approximate surface area is 224 Å². The van der Waals surface area contributed by atoms with E-state index in [0.717, 1.165) is 5.56 Å². The first-order valence-corrected chi connectivity index (χ1v) is 13.1. The van der Waals surface area contributed by atoms with Crippen LogP contribution in [0.1, 0.15) is 52.0 Å². The fraction of sp³-hybridized carbons (Fsp3) is 0.448. The van der Waals surface area contributed by atoms with E-state index in [9.17, 15) is 24.3 Å². The van der Waals surface area contributed by atoms with Crippen molar-refractivity contribution < 1.29 is 24.3 Å². The lowest BCUT2D eigenvalue weighted by molar-refractivity contribution is -0.139. The number of benzene rings is 2. The Morgan fingerprint density at radius 2 is 1.45 bits per heavy atom. The summed E-state index contributed by atoms with van der Waals surface area (Å²) < 4.78 is 0. The molecule has 3 atom stereocenters. The van der Waals surface area contributed by atoms with E-state index in [2.05, 4.69) is 21.3 Å². The molecular weight excluding hydrogens is 484 g/mol. The third kappa shape index (κ3) is 11.6. The van der Waals surface area contributed by atoms with Gasteiger partial charge in [0, 0.05) is 12.2 Å². The van der Waals surface area contributed by atoms with Crippen LogP contribution in [0, 0.1) is 5.92 Å². The molecule has 0 aliphatic heterocycles. The number of unbranched alkanes of at least 4 members (excludes halogenated alkanes) is 1. The second kappa shape index (κ2) is 16.2. The molecule has 9 nitrogen and oxygen atoms in total. The largest absolute Gasteiger partial charge is 0.480 e. The van der Waals surface area contributed by atoms with Crippen LogP contribution >= 0.6 is 0 Å². The monoisotopic (exact) mass is 524 g/mol. The highest BCUT2D eigenvalue weighted by Crippen LogP contribution is 2.12. The third-order valence-corrected chi connectivity index (χ3v) is 5.97. The van der Waals surface area contributed by atoms with Crippen molar-refractivity contribution in [2.75, 3.05) is 11.9 Å². The number of hydrogen-bond donors (Lipinski definition) is 5. The molecule has 0 spiro atoms. The van der Waals surface area contributed by atoms with Crippen molar-refractivity contribution in [2.45, 2.75) is 71.0 Å². The van der Waals surface area contributed by atoms with E-state index in [0.29, 0.717) is 44.3 Å². The van der Waals surface area contributed by atoms with Crippen molar-refractivity contribution >= 4 is 29.4 Å². The number of hydrogen-bond acceptors (Lipinski definition) is 5. The Balaban J connectivity index is 1.93. The van der Waals surface area contributed by atoms with Gasteiger partial charge in [-0.25, -0.2) is 0 Å². The highest BCUT2D eigenvalue weighted by atomic mass is 16.4. The highest BCUT2D eigenvalue weighted by molar-refractivity contribution is 5.98. The van der Waals surface area contributed by atoms with Gasteiger partial charge in [-0.3, -0.25) is 24.5 Å². The van der Waals surface area contributed by atoms with Crippen molar-refractivity contribution in [2.24, 2.45) is 5.92 Å². The Kier molecular flexibility index (Phi) is 13.0. The van der Waals surface area contributed by atoms with Crippen molar-refractivity contribution in [1.82, 2.24) is 16.0 Å². The number of para-hydroxylation sites is 1. The lowest BCUT2D eigenvalue weighted by atomic mass is 10.0. The molecule has 0 radical (unpaired) electrons. The van der Waals surface area contributed by atoms with Crippen LogP contribution < -0.4 is 21.3 Å². The molecule has 2 rings (SSSR count). The van der Waals surface area contributed by atoms with Gasteiger partial charge >= 0.3 is 5.97 Å². The van der Waals surface area contributed by atoms with E-state index in [1.807, 2.05) is 62.4 Å². The molecule has 5 N–H and O–H groups in total. The van der Waals surface area contributed by atoms with E-state index in [-0.39, 0.29) is 17.7 Å². The summed E-state index contributed by atoms with van der Waals surface area (Å²) in [5.41, 5.74) is 1.56. The number of aliphatic carboxylic acids is 1. The van der Waals surface area contributed by atoms with Gasteiger partial charge < -0.3 is 21.1 Å². The van der Waals surface area contributed by atoms with Crippen molar-refractivity contribution in [3.8, 4) is 0 Å². The van der Waals surface area contributed by atoms with E-state index in [4.69, 9.17) is 0 Å². The summed E-state index contributed by atoms with van der Waals surface area (Å²) in [5.74, 6) is -1.77. The minimum atomic E-state index is -1.07. The molecule has 9 heteroatoms. The van der Waals surface area contributed by atoms with Gasteiger partial charge in [-0.1, -0.05) is 62.4 Å². The maximum Gasteiger partial charge on any atom is 0.320 e. The molecule has 0 aliphatic rings. The molecule has 0 saturated carbocycles.